The molecular weight excluding hydrogens is 506 g/mol. The van der Waals surface area contributed by atoms with Crippen molar-refractivity contribution < 1.29 is 28.9 Å². The number of Topliss-reactive ketones (excluding diaryl/α,β-unsaturated/α-hetero) is 1. The minimum atomic E-state index is -0.898. The number of ketones is 1. The van der Waals surface area contributed by atoms with Gasteiger partial charge in [0.25, 0.3) is 11.7 Å². The summed E-state index contributed by atoms with van der Waals surface area (Å²) in [5.74, 6) is 0.188. The van der Waals surface area contributed by atoms with Gasteiger partial charge in [-0.3, -0.25) is 14.5 Å². The molecule has 3 aromatic rings. The Balaban J connectivity index is 1.97. The maximum Gasteiger partial charge on any atom is 0.300 e. The highest BCUT2D eigenvalue weighted by Gasteiger charge is 2.47. The van der Waals surface area contributed by atoms with Gasteiger partial charge in [0.2, 0.25) is 0 Å². The highest BCUT2D eigenvalue weighted by Crippen LogP contribution is 2.45. The lowest BCUT2D eigenvalue weighted by atomic mass is 9.84. The number of carbonyl (C=O) groups is 2. The van der Waals surface area contributed by atoms with Crippen LogP contribution in [0.3, 0.4) is 0 Å². The molecule has 0 saturated carbocycles. The molecule has 1 aliphatic heterocycles. The van der Waals surface area contributed by atoms with Crippen molar-refractivity contribution in [1.82, 2.24) is 0 Å². The lowest BCUT2D eigenvalue weighted by Crippen LogP contribution is -2.29. The molecule has 1 fully saturated rings. The van der Waals surface area contributed by atoms with Crippen molar-refractivity contribution in [3.63, 3.8) is 0 Å². The smallest absolute Gasteiger partial charge is 0.300 e. The van der Waals surface area contributed by atoms with Crippen molar-refractivity contribution in [2.75, 3.05) is 26.2 Å². The van der Waals surface area contributed by atoms with E-state index in [0.29, 0.717) is 40.0 Å². The Bertz CT molecular complexity index is 1460. The second kappa shape index (κ2) is 11.1. The first kappa shape index (κ1) is 28.7. The first-order chi connectivity index (χ1) is 18.9. The lowest BCUT2D eigenvalue weighted by molar-refractivity contribution is -0.132. The normalized spacial score (nSPS) is 16.9. The number of aliphatic hydroxyl groups is 1. The average Bonchev–Trinajstić information content (AvgIpc) is 3.21. The van der Waals surface area contributed by atoms with Crippen LogP contribution in [0.2, 0.25) is 0 Å². The number of ether oxygens (including phenoxy) is 3. The number of nitrogens with zero attached hydrogens (tertiary/aromatic N) is 1. The second-order valence-electron chi connectivity index (χ2n) is 11.2. The van der Waals surface area contributed by atoms with E-state index < -0.39 is 17.7 Å². The van der Waals surface area contributed by atoms with Crippen molar-refractivity contribution in [3.05, 3.63) is 88.5 Å². The number of hydrogen-bond donors (Lipinski definition) is 1. The number of benzene rings is 3. The Morgan fingerprint density at radius 3 is 1.98 bits per heavy atom. The lowest BCUT2D eigenvalue weighted by Gasteiger charge is -2.27. The molecule has 1 N–H and O–H groups in total. The molecule has 0 aromatic heterocycles. The summed E-state index contributed by atoms with van der Waals surface area (Å²) >= 11 is 0. The van der Waals surface area contributed by atoms with Gasteiger partial charge in [-0.2, -0.15) is 0 Å². The predicted octanol–water partition coefficient (Wildman–Crippen LogP) is 6.76. The predicted molar refractivity (Wildman–Crippen MR) is 157 cm³/mol. The highest BCUT2D eigenvalue weighted by atomic mass is 16.5. The molecule has 1 aliphatic rings. The molecule has 7 heteroatoms. The van der Waals surface area contributed by atoms with Gasteiger partial charge in [-0.25, -0.2) is 0 Å². The summed E-state index contributed by atoms with van der Waals surface area (Å²) in [6, 6.07) is 17.2. The van der Waals surface area contributed by atoms with Crippen LogP contribution in [0.15, 0.2) is 66.2 Å². The zero-order valence-electron chi connectivity index (χ0n) is 24.4. The van der Waals surface area contributed by atoms with Gasteiger partial charge in [-0.15, -0.1) is 0 Å². The maximum atomic E-state index is 13.7. The molecule has 1 amide bonds. The molecule has 0 spiro atoms. The number of methoxy groups -OCH3 is 3. The van der Waals surface area contributed by atoms with Crippen LogP contribution >= 0.6 is 0 Å². The second-order valence-corrected chi connectivity index (χ2v) is 11.2. The number of anilines is 1. The Morgan fingerprint density at radius 2 is 1.43 bits per heavy atom. The highest BCUT2D eigenvalue weighted by molar-refractivity contribution is 6.51. The van der Waals surface area contributed by atoms with Crippen molar-refractivity contribution in [2.24, 2.45) is 0 Å². The van der Waals surface area contributed by atoms with Gasteiger partial charge in [-0.1, -0.05) is 52.8 Å². The van der Waals surface area contributed by atoms with Crippen LogP contribution in [0.25, 0.3) is 5.76 Å². The number of rotatable bonds is 7. The van der Waals surface area contributed by atoms with E-state index in [-0.39, 0.29) is 16.7 Å². The van der Waals surface area contributed by atoms with Crippen molar-refractivity contribution >= 4 is 23.1 Å². The molecule has 1 atom stereocenters. The number of hydrogen-bond acceptors (Lipinski definition) is 6. The molecule has 210 valence electrons. The van der Waals surface area contributed by atoms with Crippen LogP contribution in [-0.4, -0.2) is 38.1 Å². The summed E-state index contributed by atoms with van der Waals surface area (Å²) in [6.07, 6.45) is 0. The number of carbonyl (C=O) groups excluding carboxylic acids is 2. The third kappa shape index (κ3) is 5.16. The van der Waals surface area contributed by atoms with Crippen LogP contribution in [0.1, 0.15) is 68.8 Å². The molecule has 1 unspecified atom stereocenters. The van der Waals surface area contributed by atoms with E-state index in [0.717, 1.165) is 11.1 Å². The van der Waals surface area contributed by atoms with Crippen LogP contribution in [0.5, 0.6) is 17.2 Å². The molecule has 0 bridgehead atoms. The summed E-state index contributed by atoms with van der Waals surface area (Å²) in [5.41, 5.74) is 3.23. The topological polar surface area (TPSA) is 85.3 Å². The van der Waals surface area contributed by atoms with E-state index >= 15 is 0 Å². The van der Waals surface area contributed by atoms with Gasteiger partial charge in [0.1, 0.15) is 11.5 Å². The molecule has 1 saturated heterocycles. The van der Waals surface area contributed by atoms with E-state index in [9.17, 15) is 14.7 Å². The van der Waals surface area contributed by atoms with E-state index in [2.05, 4.69) is 13.8 Å². The summed E-state index contributed by atoms with van der Waals surface area (Å²) < 4.78 is 16.5. The standard InChI is InChI=1S/C33H37NO6/c1-19(2)20-9-13-23(14-10-20)34-29(21-11-16-26(39-7)27(18-21)40-8)28(31(36)32(34)37)30(35)22-12-15-25(38-6)24(17-22)33(3,4)5/h9-19,29,35H,1-8H3/b30-28+. The molecule has 4 rings (SSSR count). The Labute approximate surface area is 236 Å². The van der Waals surface area contributed by atoms with Crippen LogP contribution < -0.4 is 19.1 Å². The Morgan fingerprint density at radius 1 is 0.825 bits per heavy atom. The van der Waals surface area contributed by atoms with E-state index in [1.54, 1.807) is 37.4 Å². The van der Waals surface area contributed by atoms with Gasteiger partial charge >= 0.3 is 0 Å². The molecule has 0 radical (unpaired) electrons. The first-order valence-corrected chi connectivity index (χ1v) is 13.2. The molecule has 40 heavy (non-hydrogen) atoms. The van der Waals surface area contributed by atoms with Gasteiger partial charge in [0.15, 0.2) is 11.5 Å². The average molecular weight is 544 g/mol. The number of aliphatic hydroxyl groups excluding tert-OH is 1. The fourth-order valence-corrected chi connectivity index (χ4v) is 5.05. The van der Waals surface area contributed by atoms with Crippen molar-refractivity contribution in [1.29, 1.82) is 0 Å². The zero-order valence-corrected chi connectivity index (χ0v) is 24.4. The van der Waals surface area contributed by atoms with Gasteiger partial charge < -0.3 is 19.3 Å². The monoisotopic (exact) mass is 543 g/mol. The van der Waals surface area contributed by atoms with Crippen molar-refractivity contribution in [3.8, 4) is 17.2 Å². The maximum absolute atomic E-state index is 13.7. The molecule has 1 heterocycles. The van der Waals surface area contributed by atoms with Gasteiger partial charge in [-0.05, 0) is 64.9 Å². The largest absolute Gasteiger partial charge is 0.507 e. The quantitative estimate of drug-likeness (QED) is 0.201. The first-order valence-electron chi connectivity index (χ1n) is 13.2. The van der Waals surface area contributed by atoms with E-state index in [4.69, 9.17) is 14.2 Å². The fourth-order valence-electron chi connectivity index (χ4n) is 5.05. The Kier molecular flexibility index (Phi) is 7.96. The van der Waals surface area contributed by atoms with E-state index in [1.165, 1.54) is 19.1 Å². The summed E-state index contributed by atoms with van der Waals surface area (Å²) in [6.45, 7) is 10.3. The SMILES string of the molecule is COc1ccc(C2/C(=C(\O)c3ccc(OC)c(C(C)(C)C)c3)C(=O)C(=O)N2c2ccc(C(C)C)cc2)cc1OC. The minimum absolute atomic E-state index is 0.00446. The van der Waals surface area contributed by atoms with Crippen LogP contribution in [0.4, 0.5) is 5.69 Å². The van der Waals surface area contributed by atoms with Crippen LogP contribution in [0, 0.1) is 0 Å². The summed E-state index contributed by atoms with van der Waals surface area (Å²) in [7, 11) is 4.65. The molecule has 0 aliphatic carbocycles. The third-order valence-corrected chi connectivity index (χ3v) is 7.29. The minimum Gasteiger partial charge on any atom is -0.507 e. The molecule has 7 nitrogen and oxygen atoms in total. The molecule has 3 aromatic carbocycles. The van der Waals surface area contributed by atoms with Crippen molar-refractivity contribution in [2.45, 2.75) is 52.0 Å². The van der Waals surface area contributed by atoms with Gasteiger partial charge in [0, 0.05) is 16.8 Å². The van der Waals surface area contributed by atoms with E-state index in [1.807, 2.05) is 51.1 Å². The summed E-state index contributed by atoms with van der Waals surface area (Å²) in [4.78, 5) is 28.7. The Hall–Kier alpha value is -4.26. The summed E-state index contributed by atoms with van der Waals surface area (Å²) in [5, 5.41) is 11.7. The molecular formula is C33H37NO6. The van der Waals surface area contributed by atoms with Gasteiger partial charge in [0.05, 0.1) is 32.9 Å². The zero-order chi connectivity index (χ0) is 29.4. The third-order valence-electron chi connectivity index (χ3n) is 7.29. The van der Waals surface area contributed by atoms with Crippen LogP contribution in [-0.2, 0) is 15.0 Å². The fraction of sp³-hybridized carbons (Fsp3) is 0.333. The number of amides is 1.